The molecule has 0 aliphatic carbocycles. The fourth-order valence-corrected chi connectivity index (χ4v) is 3.50. The lowest BCUT2D eigenvalue weighted by atomic mass is 10.1. The topological polar surface area (TPSA) is 31.6 Å². The van der Waals surface area contributed by atoms with Gasteiger partial charge in [0.1, 0.15) is 13.1 Å². The maximum Gasteiger partial charge on any atom is 0.106 e. The Balaban J connectivity index is 0.00000169. The van der Waals surface area contributed by atoms with Crippen molar-refractivity contribution in [2.75, 3.05) is 14.1 Å². The molecule has 0 radical (unpaired) electrons. The highest BCUT2D eigenvalue weighted by atomic mass is 79.9. The van der Waals surface area contributed by atoms with Crippen molar-refractivity contribution in [2.45, 2.75) is 13.1 Å². The molecule has 2 aromatic heterocycles. The molecular formula is C20H22BrN3. The minimum absolute atomic E-state index is 0. The molecule has 4 rings (SSSR count). The summed E-state index contributed by atoms with van der Waals surface area (Å²) in [5, 5.41) is 2.66. The fourth-order valence-electron chi connectivity index (χ4n) is 3.50. The van der Waals surface area contributed by atoms with Crippen molar-refractivity contribution in [1.29, 1.82) is 0 Å². The zero-order chi connectivity index (χ0) is 15.9. The van der Waals surface area contributed by atoms with Crippen LogP contribution < -0.4 is 17.0 Å². The summed E-state index contributed by atoms with van der Waals surface area (Å²) in [6, 6.07) is 17.1. The minimum atomic E-state index is 0. The number of hydrogen-bond donors (Lipinski definition) is 2. The molecule has 0 aliphatic rings. The molecule has 2 aromatic carbocycles. The second-order valence-electron chi connectivity index (χ2n) is 6.97. The first kappa shape index (κ1) is 16.8. The Morgan fingerprint density at radius 2 is 1.12 bits per heavy atom. The molecule has 0 saturated carbocycles. The van der Waals surface area contributed by atoms with Crippen LogP contribution in [0.3, 0.4) is 0 Å². The van der Waals surface area contributed by atoms with E-state index < -0.39 is 0 Å². The number of nitrogens with zero attached hydrogens (tertiary/aromatic N) is 1. The predicted molar refractivity (Wildman–Crippen MR) is 96.1 cm³/mol. The molecule has 2 heterocycles. The zero-order valence-corrected chi connectivity index (χ0v) is 15.6. The number of benzene rings is 2. The van der Waals surface area contributed by atoms with Gasteiger partial charge in [-0.1, -0.05) is 36.4 Å². The first-order valence-electron chi connectivity index (χ1n) is 8.04. The van der Waals surface area contributed by atoms with Gasteiger partial charge >= 0.3 is 0 Å². The number of para-hydroxylation sites is 2. The Hall–Kier alpha value is -2.04. The average Bonchev–Trinajstić information content (AvgIpc) is 3.12. The van der Waals surface area contributed by atoms with Crippen molar-refractivity contribution < 1.29 is 21.5 Å². The summed E-state index contributed by atoms with van der Waals surface area (Å²) in [5.41, 5.74) is 5.19. The molecule has 0 saturated heterocycles. The van der Waals surface area contributed by atoms with E-state index in [1.54, 1.807) is 0 Å². The molecular weight excluding hydrogens is 362 g/mol. The lowest BCUT2D eigenvalue weighted by Crippen LogP contribution is -3.00. The van der Waals surface area contributed by atoms with E-state index in [2.05, 4.69) is 85.0 Å². The van der Waals surface area contributed by atoms with Crippen LogP contribution in [0.5, 0.6) is 0 Å². The monoisotopic (exact) mass is 383 g/mol. The summed E-state index contributed by atoms with van der Waals surface area (Å²) in [6.45, 7) is 2.01. The molecule has 0 fully saturated rings. The lowest BCUT2D eigenvalue weighted by Gasteiger charge is -2.29. The van der Waals surface area contributed by atoms with E-state index in [9.17, 15) is 0 Å². The third-order valence-corrected chi connectivity index (χ3v) is 4.55. The predicted octanol–water partition coefficient (Wildman–Crippen LogP) is 1.43. The highest BCUT2D eigenvalue weighted by Gasteiger charge is 2.20. The van der Waals surface area contributed by atoms with Crippen LogP contribution in [0.4, 0.5) is 0 Å². The molecule has 0 amide bonds. The van der Waals surface area contributed by atoms with Crippen LogP contribution in [0, 0.1) is 0 Å². The highest BCUT2D eigenvalue weighted by molar-refractivity contribution is 5.83. The molecule has 0 aliphatic heterocycles. The normalized spacial score (nSPS) is 11.8. The SMILES string of the molecule is C[N+](C)(Cc1c[nH]c2ccccc12)Cc1c[nH]c2ccccc12.[Br-]. The maximum absolute atomic E-state index is 3.38. The number of quaternary nitrogens is 1. The summed E-state index contributed by atoms with van der Waals surface area (Å²) >= 11 is 0. The van der Waals surface area contributed by atoms with Gasteiger partial charge in [-0.3, -0.25) is 0 Å². The molecule has 4 aromatic rings. The van der Waals surface area contributed by atoms with Gasteiger partial charge in [0.2, 0.25) is 0 Å². The summed E-state index contributed by atoms with van der Waals surface area (Å²) in [7, 11) is 4.59. The van der Waals surface area contributed by atoms with Gasteiger partial charge in [-0.05, 0) is 12.1 Å². The van der Waals surface area contributed by atoms with Crippen molar-refractivity contribution in [1.82, 2.24) is 9.97 Å². The van der Waals surface area contributed by atoms with Gasteiger partial charge in [-0.25, -0.2) is 0 Å². The van der Waals surface area contributed by atoms with E-state index in [4.69, 9.17) is 0 Å². The number of fused-ring (bicyclic) bond motifs is 2. The second kappa shape index (κ2) is 6.46. The number of halogens is 1. The van der Waals surface area contributed by atoms with Gasteiger partial charge in [-0.15, -0.1) is 0 Å². The number of aromatic nitrogens is 2. The van der Waals surface area contributed by atoms with Crippen LogP contribution in [0.15, 0.2) is 60.9 Å². The molecule has 4 heteroatoms. The van der Waals surface area contributed by atoms with E-state index in [0.717, 1.165) is 17.6 Å². The largest absolute Gasteiger partial charge is 1.00 e. The summed E-state index contributed by atoms with van der Waals surface area (Å²) < 4.78 is 0.920. The Kier molecular flexibility index (Phi) is 4.52. The van der Waals surface area contributed by atoms with Crippen LogP contribution >= 0.6 is 0 Å². The van der Waals surface area contributed by atoms with Gasteiger partial charge in [0.15, 0.2) is 0 Å². The van der Waals surface area contributed by atoms with Crippen LogP contribution in [-0.4, -0.2) is 28.5 Å². The Bertz CT molecular complexity index is 887. The van der Waals surface area contributed by atoms with Crippen LogP contribution in [0.1, 0.15) is 11.1 Å². The second-order valence-corrected chi connectivity index (χ2v) is 6.97. The molecule has 0 atom stereocenters. The average molecular weight is 384 g/mol. The molecule has 124 valence electrons. The smallest absolute Gasteiger partial charge is 0.106 e. The van der Waals surface area contributed by atoms with E-state index >= 15 is 0 Å². The van der Waals surface area contributed by atoms with Crippen LogP contribution in [0.25, 0.3) is 21.8 Å². The highest BCUT2D eigenvalue weighted by Crippen LogP contribution is 2.25. The number of rotatable bonds is 4. The summed E-state index contributed by atoms with van der Waals surface area (Å²) in [5.74, 6) is 0. The molecule has 0 bridgehead atoms. The maximum atomic E-state index is 3.38. The van der Waals surface area contributed by atoms with Crippen molar-refractivity contribution in [3.63, 3.8) is 0 Å². The minimum Gasteiger partial charge on any atom is -1.00 e. The first-order chi connectivity index (χ1) is 11.1. The van der Waals surface area contributed by atoms with Crippen molar-refractivity contribution >= 4 is 21.8 Å². The van der Waals surface area contributed by atoms with Gasteiger partial charge < -0.3 is 31.4 Å². The summed E-state index contributed by atoms with van der Waals surface area (Å²) in [4.78, 5) is 6.77. The third kappa shape index (κ3) is 3.12. The zero-order valence-electron chi connectivity index (χ0n) is 14.0. The van der Waals surface area contributed by atoms with Gasteiger partial charge in [0, 0.05) is 45.3 Å². The van der Waals surface area contributed by atoms with E-state index in [0.29, 0.717) is 0 Å². The van der Waals surface area contributed by atoms with E-state index in [1.165, 1.54) is 32.9 Å². The van der Waals surface area contributed by atoms with Gasteiger partial charge in [0.05, 0.1) is 14.1 Å². The molecule has 2 N–H and O–H groups in total. The quantitative estimate of drug-likeness (QED) is 0.499. The van der Waals surface area contributed by atoms with Crippen LogP contribution in [0.2, 0.25) is 0 Å². The first-order valence-corrected chi connectivity index (χ1v) is 8.04. The molecule has 0 unspecified atom stereocenters. The lowest BCUT2D eigenvalue weighted by molar-refractivity contribution is -0.916. The Morgan fingerprint density at radius 3 is 1.58 bits per heavy atom. The number of aromatic amines is 2. The van der Waals surface area contributed by atoms with Crippen LogP contribution in [-0.2, 0) is 13.1 Å². The van der Waals surface area contributed by atoms with Crippen molar-refractivity contribution in [2.24, 2.45) is 0 Å². The van der Waals surface area contributed by atoms with Crippen molar-refractivity contribution in [3.8, 4) is 0 Å². The number of nitrogens with one attached hydrogen (secondary N) is 2. The molecule has 0 spiro atoms. The molecule has 24 heavy (non-hydrogen) atoms. The number of hydrogen-bond acceptors (Lipinski definition) is 0. The number of H-pyrrole nitrogens is 2. The Labute approximate surface area is 152 Å². The van der Waals surface area contributed by atoms with Gasteiger partial charge in [0.25, 0.3) is 0 Å². The summed E-state index contributed by atoms with van der Waals surface area (Å²) in [6.07, 6.45) is 4.31. The Morgan fingerprint density at radius 1 is 0.708 bits per heavy atom. The van der Waals surface area contributed by atoms with Gasteiger partial charge in [-0.2, -0.15) is 0 Å². The van der Waals surface area contributed by atoms with E-state index in [-0.39, 0.29) is 17.0 Å². The molecule has 3 nitrogen and oxygen atoms in total. The third-order valence-electron chi connectivity index (χ3n) is 4.55. The fraction of sp³-hybridized carbons (Fsp3) is 0.200. The van der Waals surface area contributed by atoms with E-state index in [1.807, 2.05) is 0 Å². The van der Waals surface area contributed by atoms with Crippen molar-refractivity contribution in [3.05, 3.63) is 72.1 Å². The standard InChI is InChI=1S/C20H22N3.BrH/c1-23(2,13-15-11-21-19-9-5-3-7-17(15)19)14-16-12-22-20-10-6-4-8-18(16)20;/h3-12,21-22H,13-14H2,1-2H3;1H/q+1;/p-1.